The monoisotopic (exact) mass is 414 g/mol. The summed E-state index contributed by atoms with van der Waals surface area (Å²) in [6, 6.07) is 6.55. The second-order valence-corrected chi connectivity index (χ2v) is 7.57. The summed E-state index contributed by atoms with van der Waals surface area (Å²) < 4.78 is 0. The summed E-state index contributed by atoms with van der Waals surface area (Å²) in [5, 5.41) is 15.3. The Morgan fingerprint density at radius 1 is 1.23 bits per heavy atom. The minimum Gasteiger partial charge on any atom is -0.344 e. The van der Waals surface area contributed by atoms with Crippen LogP contribution in [0.2, 0.25) is 5.02 Å². The summed E-state index contributed by atoms with van der Waals surface area (Å²) in [5.41, 5.74) is 0.862. The number of anilines is 1. The molecule has 1 aromatic heterocycles. The van der Waals surface area contributed by atoms with Crippen molar-refractivity contribution in [1.29, 1.82) is 0 Å². The second-order valence-electron chi connectivity index (χ2n) is 5.78. The summed E-state index contributed by atoms with van der Waals surface area (Å²) in [7, 11) is 0. The first-order chi connectivity index (χ1) is 12.4. The highest BCUT2D eigenvalue weighted by Gasteiger charge is 2.26. The number of nitrogens with zero attached hydrogens (tertiary/aromatic N) is 2. The third kappa shape index (κ3) is 5.65. The van der Waals surface area contributed by atoms with Gasteiger partial charge in [0.1, 0.15) is 11.0 Å². The van der Waals surface area contributed by atoms with Crippen LogP contribution in [0.4, 0.5) is 5.13 Å². The van der Waals surface area contributed by atoms with E-state index < -0.39 is 6.04 Å². The number of nitrogens with one attached hydrogen (secondary N) is 2. The van der Waals surface area contributed by atoms with Gasteiger partial charge >= 0.3 is 0 Å². The van der Waals surface area contributed by atoms with Gasteiger partial charge in [0.05, 0.1) is 0 Å². The Balaban J connectivity index is 2.08. The molecule has 2 aromatic rings. The molecule has 2 atom stereocenters. The maximum atomic E-state index is 12.6. The van der Waals surface area contributed by atoms with Crippen molar-refractivity contribution in [3.05, 3.63) is 29.3 Å². The van der Waals surface area contributed by atoms with E-state index in [4.69, 9.17) is 23.2 Å². The summed E-state index contributed by atoms with van der Waals surface area (Å²) in [5.74, 6) is -0.389. The van der Waals surface area contributed by atoms with Gasteiger partial charge in [0.2, 0.25) is 16.9 Å². The van der Waals surface area contributed by atoms with Crippen molar-refractivity contribution in [2.45, 2.75) is 32.7 Å². The average Bonchev–Trinajstić information content (AvgIpc) is 3.08. The van der Waals surface area contributed by atoms with Crippen molar-refractivity contribution in [3.8, 4) is 10.6 Å². The van der Waals surface area contributed by atoms with Crippen molar-refractivity contribution in [2.75, 3.05) is 11.2 Å². The van der Waals surface area contributed by atoms with E-state index in [2.05, 4.69) is 20.8 Å². The molecular formula is C17H20Cl2N4O2S. The van der Waals surface area contributed by atoms with Gasteiger partial charge in [-0.2, -0.15) is 0 Å². The van der Waals surface area contributed by atoms with E-state index in [1.165, 1.54) is 11.3 Å². The van der Waals surface area contributed by atoms with Gasteiger partial charge in [0, 0.05) is 22.9 Å². The minimum atomic E-state index is -0.654. The fourth-order valence-corrected chi connectivity index (χ4v) is 3.25. The zero-order chi connectivity index (χ0) is 19.1. The molecule has 0 aliphatic carbocycles. The molecule has 9 heteroatoms. The molecular weight excluding hydrogens is 395 g/mol. The van der Waals surface area contributed by atoms with Crippen LogP contribution < -0.4 is 10.6 Å². The molecule has 0 spiro atoms. The molecule has 0 fully saturated rings. The number of benzene rings is 1. The highest BCUT2D eigenvalue weighted by molar-refractivity contribution is 7.18. The molecule has 0 saturated carbocycles. The van der Waals surface area contributed by atoms with Crippen molar-refractivity contribution in [2.24, 2.45) is 5.92 Å². The maximum absolute atomic E-state index is 12.6. The number of alkyl halides is 1. The van der Waals surface area contributed by atoms with Crippen molar-refractivity contribution in [3.63, 3.8) is 0 Å². The van der Waals surface area contributed by atoms with E-state index in [1.54, 1.807) is 12.1 Å². The first-order valence-electron chi connectivity index (χ1n) is 8.20. The fourth-order valence-electron chi connectivity index (χ4n) is 2.20. The number of carbonyl (C=O) groups is 2. The number of carbonyl (C=O) groups excluding carboxylic acids is 2. The lowest BCUT2D eigenvalue weighted by Gasteiger charge is -2.22. The molecule has 2 amide bonds. The van der Waals surface area contributed by atoms with Crippen molar-refractivity contribution < 1.29 is 9.59 Å². The Kier molecular flexibility index (Phi) is 7.81. The number of amides is 2. The molecule has 0 bridgehead atoms. The lowest BCUT2D eigenvalue weighted by atomic mass is 9.98. The topological polar surface area (TPSA) is 84.0 Å². The molecule has 0 aliphatic rings. The first-order valence-corrected chi connectivity index (χ1v) is 9.93. The third-order valence-electron chi connectivity index (χ3n) is 3.88. The van der Waals surface area contributed by atoms with Crippen LogP contribution in [0.1, 0.15) is 26.7 Å². The standard InChI is InChI=1S/C17H20Cl2N4O2S/c1-3-10(2)14(20-13(24)8-9-18)15(25)21-17-23-22-16(26-17)11-4-6-12(19)7-5-11/h4-7,10,14H,3,8-9H2,1-2H3,(H,20,24)(H,21,23,25)/t10-,14-/m1/s1. The van der Waals surface area contributed by atoms with E-state index in [1.807, 2.05) is 26.0 Å². The molecule has 140 valence electrons. The van der Waals surface area contributed by atoms with Crippen molar-refractivity contribution in [1.82, 2.24) is 15.5 Å². The van der Waals surface area contributed by atoms with Crippen LogP contribution >= 0.6 is 34.5 Å². The summed E-state index contributed by atoms with van der Waals surface area (Å²) in [6.07, 6.45) is 0.909. The minimum absolute atomic E-state index is 0.0297. The predicted octanol–water partition coefficient (Wildman–Crippen LogP) is 3.96. The zero-order valence-electron chi connectivity index (χ0n) is 14.5. The van der Waals surface area contributed by atoms with Gasteiger partial charge in [-0.15, -0.1) is 21.8 Å². The molecule has 0 unspecified atom stereocenters. The van der Waals surface area contributed by atoms with Crippen molar-refractivity contribution >= 4 is 51.5 Å². The van der Waals surface area contributed by atoms with Crippen LogP contribution in [0, 0.1) is 5.92 Å². The molecule has 0 radical (unpaired) electrons. The van der Waals surface area contributed by atoms with Gasteiger partial charge in [0.25, 0.3) is 0 Å². The van der Waals surface area contributed by atoms with Gasteiger partial charge in [-0.05, 0) is 18.1 Å². The summed E-state index contributed by atoms with van der Waals surface area (Å²) in [4.78, 5) is 24.4. The predicted molar refractivity (Wildman–Crippen MR) is 106 cm³/mol. The van der Waals surface area contributed by atoms with Gasteiger partial charge in [0.15, 0.2) is 0 Å². The number of halogens is 2. The number of hydrogen-bond acceptors (Lipinski definition) is 5. The highest BCUT2D eigenvalue weighted by atomic mass is 35.5. The number of hydrogen-bond donors (Lipinski definition) is 2. The van der Waals surface area contributed by atoms with E-state index in [9.17, 15) is 9.59 Å². The van der Waals surface area contributed by atoms with Crippen LogP contribution in [0.5, 0.6) is 0 Å². The van der Waals surface area contributed by atoms with Crippen LogP contribution in [0.15, 0.2) is 24.3 Å². The van der Waals surface area contributed by atoms with Gasteiger partial charge in [-0.3, -0.25) is 14.9 Å². The second kappa shape index (κ2) is 9.85. The lowest BCUT2D eigenvalue weighted by Crippen LogP contribution is -2.47. The molecule has 1 aromatic carbocycles. The van der Waals surface area contributed by atoms with E-state index >= 15 is 0 Å². The quantitative estimate of drug-likeness (QED) is 0.640. The van der Waals surface area contributed by atoms with E-state index in [0.29, 0.717) is 15.2 Å². The Labute approximate surface area is 166 Å². The van der Waals surface area contributed by atoms with Gasteiger partial charge < -0.3 is 5.32 Å². The molecule has 0 saturated heterocycles. The van der Waals surface area contributed by atoms with E-state index in [-0.39, 0.29) is 30.0 Å². The van der Waals surface area contributed by atoms with Crippen LogP contribution in [0.3, 0.4) is 0 Å². The molecule has 2 N–H and O–H groups in total. The van der Waals surface area contributed by atoms with Gasteiger partial charge in [-0.1, -0.05) is 55.3 Å². The summed E-state index contributed by atoms with van der Waals surface area (Å²) in [6.45, 7) is 3.87. The fraction of sp³-hybridized carbons (Fsp3) is 0.412. The Morgan fingerprint density at radius 2 is 1.92 bits per heavy atom. The SMILES string of the molecule is CC[C@@H](C)[C@@H](NC(=O)CCCl)C(=O)Nc1nnc(-c2ccc(Cl)cc2)s1. The molecule has 6 nitrogen and oxygen atoms in total. The zero-order valence-corrected chi connectivity index (χ0v) is 16.8. The Morgan fingerprint density at radius 3 is 2.54 bits per heavy atom. The smallest absolute Gasteiger partial charge is 0.249 e. The largest absolute Gasteiger partial charge is 0.344 e. The Hall–Kier alpha value is -1.70. The van der Waals surface area contributed by atoms with E-state index in [0.717, 1.165) is 12.0 Å². The molecule has 0 aliphatic heterocycles. The Bertz CT molecular complexity index is 751. The average molecular weight is 415 g/mol. The third-order valence-corrected chi connectivity index (χ3v) is 5.21. The maximum Gasteiger partial charge on any atom is 0.249 e. The van der Waals surface area contributed by atoms with Crippen LogP contribution in [0.25, 0.3) is 10.6 Å². The molecule has 1 heterocycles. The number of aromatic nitrogens is 2. The first kappa shape index (κ1) is 20.6. The summed E-state index contributed by atoms with van der Waals surface area (Å²) >= 11 is 12.7. The van der Waals surface area contributed by atoms with Gasteiger partial charge in [-0.25, -0.2) is 0 Å². The number of rotatable bonds is 8. The molecule has 26 heavy (non-hydrogen) atoms. The van der Waals surface area contributed by atoms with Crippen LogP contribution in [-0.4, -0.2) is 33.9 Å². The normalized spacial score (nSPS) is 13.1. The molecule has 2 rings (SSSR count). The lowest BCUT2D eigenvalue weighted by molar-refractivity contribution is -0.127. The highest BCUT2D eigenvalue weighted by Crippen LogP contribution is 2.27. The van der Waals surface area contributed by atoms with Crippen LogP contribution in [-0.2, 0) is 9.59 Å².